The number of rotatable bonds is 6. The third-order valence-corrected chi connectivity index (χ3v) is 3.16. The van der Waals surface area contributed by atoms with E-state index in [1.807, 2.05) is 0 Å². The van der Waals surface area contributed by atoms with Gasteiger partial charge in [0, 0.05) is 5.56 Å². The Kier molecular flexibility index (Phi) is 5.19. The first-order valence-corrected chi connectivity index (χ1v) is 6.71. The first-order chi connectivity index (χ1) is 11.1. The van der Waals surface area contributed by atoms with Crippen LogP contribution in [0.5, 0.6) is 23.0 Å². The van der Waals surface area contributed by atoms with Crippen molar-refractivity contribution in [3.8, 4) is 23.0 Å². The molecular formula is C17H16O6. The molecule has 0 amide bonds. The van der Waals surface area contributed by atoms with E-state index in [9.17, 15) is 9.59 Å². The minimum absolute atomic E-state index is 0.166. The molecule has 0 bridgehead atoms. The number of carbonyl (C=O) groups is 2. The Morgan fingerprint density at radius 2 is 1.48 bits per heavy atom. The second-order valence-corrected chi connectivity index (χ2v) is 4.46. The predicted molar refractivity (Wildman–Crippen MR) is 82.9 cm³/mol. The lowest BCUT2D eigenvalue weighted by Crippen LogP contribution is -2.12. The molecule has 0 N–H and O–H groups in total. The van der Waals surface area contributed by atoms with Gasteiger partial charge in [-0.25, -0.2) is 4.79 Å². The molecule has 0 spiro atoms. The Balaban J connectivity index is 2.38. The average Bonchev–Trinajstić information content (AvgIpc) is 2.60. The van der Waals surface area contributed by atoms with Crippen LogP contribution in [-0.4, -0.2) is 33.6 Å². The minimum Gasteiger partial charge on any atom is -0.496 e. The quantitative estimate of drug-likeness (QED) is 0.463. The molecule has 0 aliphatic rings. The summed E-state index contributed by atoms with van der Waals surface area (Å²) in [5.41, 5.74) is 0.579. The summed E-state index contributed by atoms with van der Waals surface area (Å²) in [7, 11) is 4.32. The van der Waals surface area contributed by atoms with E-state index in [0.717, 1.165) is 0 Å². The number of aldehydes is 1. The average molecular weight is 316 g/mol. The summed E-state index contributed by atoms with van der Waals surface area (Å²) in [6.07, 6.45) is 0.678. The van der Waals surface area contributed by atoms with Crippen LogP contribution in [0.15, 0.2) is 36.4 Å². The highest BCUT2D eigenvalue weighted by Gasteiger charge is 2.21. The number of carbonyl (C=O) groups excluding carboxylic acids is 2. The summed E-state index contributed by atoms with van der Waals surface area (Å²) < 4.78 is 20.9. The SMILES string of the molecule is COc1cc(C=O)ccc1OC(=O)c1c(OC)cccc1OC. The molecule has 2 rings (SSSR count). The maximum Gasteiger partial charge on any atom is 0.351 e. The topological polar surface area (TPSA) is 71.1 Å². The molecule has 23 heavy (non-hydrogen) atoms. The van der Waals surface area contributed by atoms with E-state index in [1.165, 1.54) is 39.5 Å². The molecule has 0 radical (unpaired) electrons. The molecule has 0 aliphatic carbocycles. The molecule has 0 saturated carbocycles. The van der Waals surface area contributed by atoms with Crippen LogP contribution in [0.25, 0.3) is 0 Å². The van der Waals surface area contributed by atoms with Crippen molar-refractivity contribution in [2.24, 2.45) is 0 Å². The fraction of sp³-hybridized carbons (Fsp3) is 0.176. The Labute approximate surface area is 133 Å². The Bertz CT molecular complexity index is 701. The summed E-state index contributed by atoms with van der Waals surface area (Å²) in [6.45, 7) is 0. The highest BCUT2D eigenvalue weighted by Crippen LogP contribution is 2.32. The van der Waals surface area contributed by atoms with E-state index < -0.39 is 5.97 Å². The van der Waals surface area contributed by atoms with Gasteiger partial charge < -0.3 is 18.9 Å². The smallest absolute Gasteiger partial charge is 0.351 e. The standard InChI is InChI=1S/C17H16O6/c1-20-13-5-4-6-14(21-2)16(13)17(19)23-12-8-7-11(10-18)9-15(12)22-3/h4-10H,1-3H3. The van der Waals surface area contributed by atoms with E-state index in [1.54, 1.807) is 18.2 Å². The van der Waals surface area contributed by atoms with Crippen LogP contribution in [0.2, 0.25) is 0 Å². The van der Waals surface area contributed by atoms with Gasteiger partial charge >= 0.3 is 5.97 Å². The molecule has 0 fully saturated rings. The molecule has 6 nitrogen and oxygen atoms in total. The monoisotopic (exact) mass is 316 g/mol. The Hall–Kier alpha value is -3.02. The van der Waals surface area contributed by atoms with E-state index in [2.05, 4.69) is 0 Å². The molecule has 0 atom stereocenters. The third kappa shape index (κ3) is 3.42. The van der Waals surface area contributed by atoms with Crippen LogP contribution >= 0.6 is 0 Å². The van der Waals surface area contributed by atoms with Crippen LogP contribution < -0.4 is 18.9 Å². The van der Waals surface area contributed by atoms with Crippen molar-refractivity contribution in [3.63, 3.8) is 0 Å². The van der Waals surface area contributed by atoms with Crippen LogP contribution in [0.1, 0.15) is 20.7 Å². The zero-order chi connectivity index (χ0) is 16.8. The maximum absolute atomic E-state index is 12.5. The van der Waals surface area contributed by atoms with E-state index >= 15 is 0 Å². The zero-order valence-corrected chi connectivity index (χ0v) is 13.0. The summed E-state index contributed by atoms with van der Waals surface area (Å²) in [4.78, 5) is 23.3. The molecule has 2 aromatic rings. The van der Waals surface area contributed by atoms with Crippen molar-refractivity contribution < 1.29 is 28.5 Å². The predicted octanol–water partition coefficient (Wildman–Crippen LogP) is 2.74. The normalized spacial score (nSPS) is 9.87. The van der Waals surface area contributed by atoms with E-state index in [-0.39, 0.29) is 17.1 Å². The summed E-state index contributed by atoms with van der Waals surface area (Å²) in [5, 5.41) is 0. The van der Waals surface area contributed by atoms with Gasteiger partial charge in [0.25, 0.3) is 0 Å². The molecule has 0 saturated heterocycles. The number of esters is 1. The molecule has 120 valence electrons. The molecule has 6 heteroatoms. The summed E-state index contributed by atoms with van der Waals surface area (Å²) in [6, 6.07) is 9.46. The number of hydrogen-bond donors (Lipinski definition) is 0. The van der Waals surface area contributed by atoms with Crippen molar-refractivity contribution in [2.75, 3.05) is 21.3 Å². The van der Waals surface area contributed by atoms with Crippen LogP contribution in [0, 0.1) is 0 Å². The van der Waals surface area contributed by atoms with Crippen LogP contribution in [0.3, 0.4) is 0 Å². The van der Waals surface area contributed by atoms with Gasteiger partial charge in [0.15, 0.2) is 11.5 Å². The van der Waals surface area contributed by atoms with Crippen molar-refractivity contribution in [1.82, 2.24) is 0 Å². The van der Waals surface area contributed by atoms with Gasteiger partial charge in [-0.15, -0.1) is 0 Å². The number of methoxy groups -OCH3 is 3. The van der Waals surface area contributed by atoms with Gasteiger partial charge in [-0.05, 0) is 30.3 Å². The summed E-state index contributed by atoms with van der Waals surface area (Å²) >= 11 is 0. The highest BCUT2D eigenvalue weighted by molar-refractivity contribution is 5.97. The first-order valence-electron chi connectivity index (χ1n) is 6.71. The highest BCUT2D eigenvalue weighted by atomic mass is 16.6. The summed E-state index contributed by atoms with van der Waals surface area (Å²) in [5.74, 6) is 0.472. The van der Waals surface area contributed by atoms with Crippen molar-refractivity contribution in [2.45, 2.75) is 0 Å². The zero-order valence-electron chi connectivity index (χ0n) is 13.0. The minimum atomic E-state index is -0.656. The lowest BCUT2D eigenvalue weighted by atomic mass is 10.1. The third-order valence-electron chi connectivity index (χ3n) is 3.16. The van der Waals surface area contributed by atoms with Crippen molar-refractivity contribution in [3.05, 3.63) is 47.5 Å². The second kappa shape index (κ2) is 7.31. The van der Waals surface area contributed by atoms with Gasteiger partial charge in [-0.2, -0.15) is 0 Å². The second-order valence-electron chi connectivity index (χ2n) is 4.46. The number of benzene rings is 2. The number of ether oxygens (including phenoxy) is 4. The molecule has 0 aliphatic heterocycles. The lowest BCUT2D eigenvalue weighted by molar-refractivity contribution is 0.0722. The largest absolute Gasteiger partial charge is 0.496 e. The lowest BCUT2D eigenvalue weighted by Gasteiger charge is -2.13. The Morgan fingerprint density at radius 3 is 2.00 bits per heavy atom. The fourth-order valence-electron chi connectivity index (χ4n) is 2.05. The first kappa shape index (κ1) is 16.4. The van der Waals surface area contributed by atoms with E-state index in [4.69, 9.17) is 18.9 Å². The van der Waals surface area contributed by atoms with Crippen LogP contribution in [0.4, 0.5) is 0 Å². The van der Waals surface area contributed by atoms with Crippen molar-refractivity contribution >= 4 is 12.3 Å². The molecule has 2 aromatic carbocycles. The van der Waals surface area contributed by atoms with Gasteiger partial charge in [0.2, 0.25) is 0 Å². The van der Waals surface area contributed by atoms with Gasteiger partial charge in [-0.1, -0.05) is 6.07 Å². The van der Waals surface area contributed by atoms with Crippen LogP contribution in [-0.2, 0) is 0 Å². The van der Waals surface area contributed by atoms with Crippen molar-refractivity contribution in [1.29, 1.82) is 0 Å². The fourth-order valence-corrected chi connectivity index (χ4v) is 2.05. The maximum atomic E-state index is 12.5. The molecule has 0 aromatic heterocycles. The molecule has 0 unspecified atom stereocenters. The van der Waals surface area contributed by atoms with Gasteiger partial charge in [0.05, 0.1) is 21.3 Å². The van der Waals surface area contributed by atoms with E-state index in [0.29, 0.717) is 23.3 Å². The van der Waals surface area contributed by atoms with Gasteiger partial charge in [-0.3, -0.25) is 4.79 Å². The number of hydrogen-bond acceptors (Lipinski definition) is 6. The van der Waals surface area contributed by atoms with Gasteiger partial charge in [0.1, 0.15) is 23.3 Å². The Morgan fingerprint density at radius 1 is 0.870 bits per heavy atom. The molecular weight excluding hydrogens is 300 g/mol. The molecule has 0 heterocycles.